The summed E-state index contributed by atoms with van der Waals surface area (Å²) in [5.74, 6) is 0.0502. The van der Waals surface area contributed by atoms with Gasteiger partial charge in [0.1, 0.15) is 5.69 Å². The van der Waals surface area contributed by atoms with Gasteiger partial charge >= 0.3 is 0 Å². The lowest BCUT2D eigenvalue weighted by atomic mass is 9.98. The molecule has 1 aromatic rings. The summed E-state index contributed by atoms with van der Waals surface area (Å²) in [5, 5.41) is 0. The van der Waals surface area contributed by atoms with Crippen LogP contribution in [0.25, 0.3) is 0 Å². The van der Waals surface area contributed by atoms with Crippen molar-refractivity contribution in [1.29, 1.82) is 0 Å². The molecule has 1 aromatic heterocycles. The summed E-state index contributed by atoms with van der Waals surface area (Å²) in [6.45, 7) is 4.44. The molecule has 0 bridgehead atoms. The van der Waals surface area contributed by atoms with Gasteiger partial charge in [0.15, 0.2) is 0 Å². The van der Waals surface area contributed by atoms with Crippen LogP contribution in [0.1, 0.15) is 49.0 Å². The van der Waals surface area contributed by atoms with E-state index >= 15 is 0 Å². The van der Waals surface area contributed by atoms with Crippen LogP contribution in [0.2, 0.25) is 0 Å². The fourth-order valence-electron chi connectivity index (χ4n) is 3.46. The van der Waals surface area contributed by atoms with E-state index in [2.05, 4.69) is 14.9 Å². The molecule has 0 aliphatic carbocycles. The van der Waals surface area contributed by atoms with E-state index in [-0.39, 0.29) is 5.91 Å². The van der Waals surface area contributed by atoms with Gasteiger partial charge in [0.05, 0.1) is 6.20 Å². The predicted molar refractivity (Wildman–Crippen MR) is 81.0 cm³/mol. The van der Waals surface area contributed by atoms with Crippen LogP contribution in [0.3, 0.4) is 0 Å². The quantitative estimate of drug-likeness (QED) is 0.850. The van der Waals surface area contributed by atoms with Crippen molar-refractivity contribution in [1.82, 2.24) is 19.8 Å². The predicted octanol–water partition coefficient (Wildman–Crippen LogP) is 1.96. The Morgan fingerprint density at radius 2 is 1.95 bits per heavy atom. The van der Waals surface area contributed by atoms with Crippen LogP contribution in [-0.4, -0.2) is 57.9 Å². The van der Waals surface area contributed by atoms with Gasteiger partial charge in [-0.2, -0.15) is 0 Å². The van der Waals surface area contributed by atoms with E-state index in [0.717, 1.165) is 32.4 Å². The van der Waals surface area contributed by atoms with Crippen molar-refractivity contribution in [2.75, 3.05) is 26.2 Å². The third kappa shape index (κ3) is 3.59. The Bertz CT molecular complexity index is 459. The molecule has 0 radical (unpaired) electrons. The number of carbonyl (C=O) groups excluding carboxylic acids is 1. The van der Waals surface area contributed by atoms with Crippen LogP contribution in [-0.2, 0) is 0 Å². The topological polar surface area (TPSA) is 49.3 Å². The zero-order valence-corrected chi connectivity index (χ0v) is 12.6. The van der Waals surface area contributed by atoms with Crippen molar-refractivity contribution in [2.45, 2.75) is 44.6 Å². The molecular weight excluding hydrogens is 264 g/mol. The molecule has 114 valence electrons. The van der Waals surface area contributed by atoms with Crippen LogP contribution >= 0.6 is 0 Å². The summed E-state index contributed by atoms with van der Waals surface area (Å²) >= 11 is 0. The number of amides is 1. The highest BCUT2D eigenvalue weighted by Crippen LogP contribution is 2.22. The first-order chi connectivity index (χ1) is 10.3. The molecule has 3 heterocycles. The van der Waals surface area contributed by atoms with Crippen molar-refractivity contribution >= 4 is 5.91 Å². The van der Waals surface area contributed by atoms with Gasteiger partial charge in [-0.1, -0.05) is 0 Å². The Hall–Kier alpha value is -1.49. The van der Waals surface area contributed by atoms with Gasteiger partial charge in [-0.25, -0.2) is 4.98 Å². The zero-order valence-electron chi connectivity index (χ0n) is 12.6. The monoisotopic (exact) mass is 288 g/mol. The summed E-state index contributed by atoms with van der Waals surface area (Å²) in [5.41, 5.74) is 0.477. The standard InChI is InChI=1S/C16H24N4O/c21-16(15-13-17-7-8-18-15)20-11-2-1-5-14(20)6-12-19-9-3-4-10-19/h7-8,13-14H,1-6,9-12H2. The molecule has 0 saturated carbocycles. The Morgan fingerprint density at radius 1 is 1.14 bits per heavy atom. The van der Waals surface area contributed by atoms with Crippen LogP contribution in [0.5, 0.6) is 0 Å². The molecule has 21 heavy (non-hydrogen) atoms. The summed E-state index contributed by atoms with van der Waals surface area (Å²) in [6.07, 6.45) is 12.0. The van der Waals surface area contributed by atoms with E-state index < -0.39 is 0 Å². The summed E-state index contributed by atoms with van der Waals surface area (Å²) < 4.78 is 0. The average Bonchev–Trinajstić information content (AvgIpc) is 3.07. The molecule has 5 nitrogen and oxygen atoms in total. The van der Waals surface area contributed by atoms with E-state index in [1.165, 1.54) is 32.4 Å². The van der Waals surface area contributed by atoms with E-state index in [9.17, 15) is 4.79 Å². The number of likely N-dealkylation sites (tertiary alicyclic amines) is 2. The van der Waals surface area contributed by atoms with Gasteiger partial charge in [-0.3, -0.25) is 9.78 Å². The molecular formula is C16H24N4O. The molecule has 2 aliphatic rings. The van der Waals surface area contributed by atoms with Crippen LogP contribution in [0, 0.1) is 0 Å². The minimum Gasteiger partial charge on any atom is -0.334 e. The van der Waals surface area contributed by atoms with E-state index in [4.69, 9.17) is 0 Å². The van der Waals surface area contributed by atoms with Crippen molar-refractivity contribution < 1.29 is 4.79 Å². The Morgan fingerprint density at radius 3 is 2.71 bits per heavy atom. The van der Waals surface area contributed by atoms with Crippen molar-refractivity contribution in [2.24, 2.45) is 0 Å². The molecule has 1 unspecified atom stereocenters. The molecule has 0 N–H and O–H groups in total. The second-order valence-electron chi connectivity index (χ2n) is 6.08. The third-order valence-corrected chi connectivity index (χ3v) is 4.65. The minimum atomic E-state index is 0.0502. The number of carbonyl (C=O) groups is 1. The maximum Gasteiger partial charge on any atom is 0.274 e. The smallest absolute Gasteiger partial charge is 0.274 e. The number of hydrogen-bond acceptors (Lipinski definition) is 4. The van der Waals surface area contributed by atoms with Crippen molar-refractivity contribution in [3.8, 4) is 0 Å². The number of rotatable bonds is 4. The fourth-order valence-corrected chi connectivity index (χ4v) is 3.46. The minimum absolute atomic E-state index is 0.0502. The largest absolute Gasteiger partial charge is 0.334 e. The van der Waals surface area contributed by atoms with E-state index in [1.807, 2.05) is 4.90 Å². The Kier molecular flexibility index (Phi) is 4.80. The number of aromatic nitrogens is 2. The van der Waals surface area contributed by atoms with E-state index in [0.29, 0.717) is 11.7 Å². The van der Waals surface area contributed by atoms with E-state index in [1.54, 1.807) is 18.6 Å². The normalized spacial score (nSPS) is 23.4. The number of hydrogen-bond donors (Lipinski definition) is 0. The van der Waals surface area contributed by atoms with Crippen LogP contribution < -0.4 is 0 Å². The van der Waals surface area contributed by atoms with Gasteiger partial charge in [0.2, 0.25) is 0 Å². The highest BCUT2D eigenvalue weighted by atomic mass is 16.2. The molecule has 0 aromatic carbocycles. The second kappa shape index (κ2) is 6.98. The van der Waals surface area contributed by atoms with Crippen LogP contribution in [0.4, 0.5) is 0 Å². The molecule has 2 saturated heterocycles. The van der Waals surface area contributed by atoms with Crippen molar-refractivity contribution in [3.05, 3.63) is 24.3 Å². The molecule has 2 fully saturated rings. The Balaban J connectivity index is 1.62. The maximum atomic E-state index is 12.6. The molecule has 0 spiro atoms. The number of piperidine rings is 1. The molecule has 5 heteroatoms. The van der Waals surface area contributed by atoms with Crippen molar-refractivity contribution in [3.63, 3.8) is 0 Å². The highest BCUT2D eigenvalue weighted by Gasteiger charge is 2.28. The zero-order chi connectivity index (χ0) is 14.5. The number of nitrogens with zero attached hydrogens (tertiary/aromatic N) is 4. The molecule has 2 aliphatic heterocycles. The SMILES string of the molecule is O=C(c1cnccn1)N1CCCCC1CCN1CCCC1. The molecule has 1 amide bonds. The first kappa shape index (κ1) is 14.4. The third-order valence-electron chi connectivity index (χ3n) is 4.65. The molecule has 3 rings (SSSR count). The van der Waals surface area contributed by atoms with Gasteiger partial charge in [0, 0.05) is 31.5 Å². The lowest BCUT2D eigenvalue weighted by Crippen LogP contribution is -2.45. The van der Waals surface area contributed by atoms with Gasteiger partial charge in [-0.15, -0.1) is 0 Å². The summed E-state index contributed by atoms with van der Waals surface area (Å²) in [7, 11) is 0. The lowest BCUT2D eigenvalue weighted by molar-refractivity contribution is 0.0581. The first-order valence-electron chi connectivity index (χ1n) is 8.14. The Labute approximate surface area is 126 Å². The second-order valence-corrected chi connectivity index (χ2v) is 6.08. The van der Waals surface area contributed by atoms with Gasteiger partial charge < -0.3 is 9.80 Å². The summed E-state index contributed by atoms with van der Waals surface area (Å²) in [6, 6.07) is 0.369. The average molecular weight is 288 g/mol. The van der Waals surface area contributed by atoms with Gasteiger partial charge in [0.25, 0.3) is 5.91 Å². The molecule has 1 atom stereocenters. The first-order valence-corrected chi connectivity index (χ1v) is 8.14. The highest BCUT2D eigenvalue weighted by molar-refractivity contribution is 5.92. The van der Waals surface area contributed by atoms with Crippen LogP contribution in [0.15, 0.2) is 18.6 Å². The lowest BCUT2D eigenvalue weighted by Gasteiger charge is -2.36. The fraction of sp³-hybridized carbons (Fsp3) is 0.688. The maximum absolute atomic E-state index is 12.6. The summed E-state index contributed by atoms with van der Waals surface area (Å²) in [4.78, 5) is 25.4. The van der Waals surface area contributed by atoms with Gasteiger partial charge in [-0.05, 0) is 51.6 Å².